The molecule has 20 heavy (non-hydrogen) atoms. The van der Waals surface area contributed by atoms with Crippen LogP contribution in [0.4, 0.5) is 0 Å². The van der Waals surface area contributed by atoms with Crippen molar-refractivity contribution in [1.82, 2.24) is 0 Å². The van der Waals surface area contributed by atoms with Crippen molar-refractivity contribution in [2.24, 2.45) is 0 Å². The Morgan fingerprint density at radius 3 is 2.80 bits per heavy atom. The van der Waals surface area contributed by atoms with Crippen LogP contribution in [0.25, 0.3) is 0 Å². The molecule has 1 saturated heterocycles. The first-order valence-electron chi connectivity index (χ1n) is 6.58. The van der Waals surface area contributed by atoms with Crippen molar-refractivity contribution in [3.8, 4) is 0 Å². The second-order valence-electron chi connectivity index (χ2n) is 5.28. The fraction of sp³-hybridized carbons (Fsp3) is 0.333. The van der Waals surface area contributed by atoms with Crippen molar-refractivity contribution >= 4 is 9.84 Å². The molecule has 0 amide bonds. The smallest absolute Gasteiger partial charge is 0.188 e. The van der Waals surface area contributed by atoms with Crippen molar-refractivity contribution < 1.29 is 17.9 Å². The summed E-state index contributed by atoms with van der Waals surface area (Å²) in [6.45, 7) is 0.842. The molecular weight excluding hydrogens is 276 g/mol. The van der Waals surface area contributed by atoms with Gasteiger partial charge in [0.2, 0.25) is 0 Å². The van der Waals surface area contributed by atoms with Crippen LogP contribution in [0.2, 0.25) is 0 Å². The zero-order valence-electron chi connectivity index (χ0n) is 10.7. The van der Waals surface area contributed by atoms with Gasteiger partial charge in [0.1, 0.15) is 10.9 Å². The van der Waals surface area contributed by atoms with E-state index >= 15 is 0 Å². The maximum Gasteiger partial charge on any atom is 0.188 e. The summed E-state index contributed by atoms with van der Waals surface area (Å²) in [5, 5.41) is -0.626. The van der Waals surface area contributed by atoms with Gasteiger partial charge in [-0.15, -0.1) is 0 Å². The van der Waals surface area contributed by atoms with Crippen LogP contribution in [-0.4, -0.2) is 38.6 Å². The number of rotatable bonds is 2. The van der Waals surface area contributed by atoms with Crippen LogP contribution in [0.15, 0.2) is 59.0 Å². The molecule has 3 aliphatic rings. The van der Waals surface area contributed by atoms with Crippen LogP contribution < -0.4 is 0 Å². The number of ether oxygens (including phenoxy) is 2. The first-order valence-corrected chi connectivity index (χ1v) is 8.13. The average molecular weight is 290 g/mol. The number of benzene rings is 1. The molecule has 1 spiro atoms. The number of hydrogen-bond acceptors (Lipinski definition) is 4. The van der Waals surface area contributed by atoms with Gasteiger partial charge >= 0.3 is 0 Å². The van der Waals surface area contributed by atoms with Crippen LogP contribution in [-0.2, 0) is 19.3 Å². The number of hydrogen-bond donors (Lipinski definition) is 0. The van der Waals surface area contributed by atoms with Crippen LogP contribution in [0.5, 0.6) is 0 Å². The first kappa shape index (κ1) is 12.3. The van der Waals surface area contributed by atoms with Gasteiger partial charge in [0.05, 0.1) is 24.2 Å². The summed E-state index contributed by atoms with van der Waals surface area (Å²) in [4.78, 5) is 0.345. The molecule has 0 radical (unpaired) electrons. The van der Waals surface area contributed by atoms with E-state index in [0.717, 1.165) is 5.57 Å². The fourth-order valence-electron chi connectivity index (χ4n) is 3.23. The van der Waals surface area contributed by atoms with Crippen LogP contribution in [0.3, 0.4) is 0 Å². The van der Waals surface area contributed by atoms with Gasteiger partial charge in [0.15, 0.2) is 9.84 Å². The molecule has 4 rings (SSSR count). The summed E-state index contributed by atoms with van der Waals surface area (Å²) < 4.78 is 37.1. The van der Waals surface area contributed by atoms with E-state index in [4.69, 9.17) is 9.47 Å². The Labute approximate surface area is 117 Å². The van der Waals surface area contributed by atoms with Crippen molar-refractivity contribution in [2.75, 3.05) is 13.2 Å². The predicted molar refractivity (Wildman–Crippen MR) is 73.1 cm³/mol. The summed E-state index contributed by atoms with van der Waals surface area (Å²) in [5.41, 5.74) is 0.176. The molecule has 1 aromatic rings. The Morgan fingerprint density at radius 2 is 2.00 bits per heavy atom. The van der Waals surface area contributed by atoms with Crippen molar-refractivity contribution in [3.05, 3.63) is 54.1 Å². The molecular formula is C15H14O4S. The summed E-state index contributed by atoms with van der Waals surface area (Å²) in [5.74, 6) is 0. The van der Waals surface area contributed by atoms with Crippen molar-refractivity contribution in [1.29, 1.82) is 0 Å². The Kier molecular flexibility index (Phi) is 2.49. The van der Waals surface area contributed by atoms with Crippen LogP contribution in [0.1, 0.15) is 0 Å². The monoisotopic (exact) mass is 290 g/mol. The highest BCUT2D eigenvalue weighted by atomic mass is 32.2. The Balaban J connectivity index is 1.84. The molecule has 0 saturated carbocycles. The Hall–Kier alpha value is -1.43. The molecule has 3 atom stereocenters. The SMILES string of the molecule is O=S(=O)(c1ccccc1)C1C2=CCOCC23C=CC1O3. The minimum Gasteiger partial charge on any atom is -0.374 e. The lowest BCUT2D eigenvalue weighted by molar-refractivity contribution is -0.0245. The van der Waals surface area contributed by atoms with E-state index in [9.17, 15) is 8.42 Å². The first-order chi connectivity index (χ1) is 9.63. The standard InChI is InChI=1S/C15H14O4S/c16-20(17,11-4-2-1-3-5-11)14-12-7-9-18-10-15(12)8-6-13(14)19-15/h1-8,13-14H,9-10H2. The third-order valence-corrected chi connectivity index (χ3v) is 6.26. The molecule has 4 nitrogen and oxygen atoms in total. The van der Waals surface area contributed by atoms with E-state index in [2.05, 4.69) is 0 Å². The van der Waals surface area contributed by atoms with Gasteiger partial charge in [-0.2, -0.15) is 0 Å². The molecule has 1 fully saturated rings. The van der Waals surface area contributed by atoms with Gasteiger partial charge < -0.3 is 9.47 Å². The van der Waals surface area contributed by atoms with Gasteiger partial charge in [-0.3, -0.25) is 0 Å². The minimum absolute atomic E-state index is 0.345. The second-order valence-corrected chi connectivity index (χ2v) is 7.35. The predicted octanol–water partition coefficient (Wildman–Crippen LogP) is 1.49. The van der Waals surface area contributed by atoms with Crippen LogP contribution >= 0.6 is 0 Å². The summed E-state index contributed by atoms with van der Waals surface area (Å²) >= 11 is 0. The van der Waals surface area contributed by atoms with E-state index in [1.807, 2.05) is 24.3 Å². The molecule has 104 valence electrons. The highest BCUT2D eigenvalue weighted by Crippen LogP contribution is 2.48. The summed E-state index contributed by atoms with van der Waals surface area (Å²) in [7, 11) is -3.45. The molecule has 2 bridgehead atoms. The Morgan fingerprint density at radius 1 is 1.20 bits per heavy atom. The zero-order valence-corrected chi connectivity index (χ0v) is 11.5. The lowest BCUT2D eigenvalue weighted by Crippen LogP contribution is -2.40. The van der Waals surface area contributed by atoms with E-state index in [-0.39, 0.29) is 0 Å². The highest BCUT2D eigenvalue weighted by Gasteiger charge is 2.58. The molecule has 0 aromatic heterocycles. The zero-order chi connectivity index (χ0) is 13.8. The maximum atomic E-state index is 12.9. The lowest BCUT2D eigenvalue weighted by Gasteiger charge is -2.30. The maximum absolute atomic E-state index is 12.9. The minimum atomic E-state index is -3.45. The third-order valence-electron chi connectivity index (χ3n) is 4.14. The van der Waals surface area contributed by atoms with Gasteiger partial charge in [0, 0.05) is 0 Å². The largest absolute Gasteiger partial charge is 0.374 e. The Bertz CT molecular complexity index is 705. The normalized spacial score (nSPS) is 34.9. The summed E-state index contributed by atoms with van der Waals surface area (Å²) in [6.07, 6.45) is 5.22. The number of fused-ring (bicyclic) bond motifs is 1. The molecule has 3 unspecified atom stereocenters. The van der Waals surface area contributed by atoms with Gasteiger partial charge in [-0.1, -0.05) is 30.4 Å². The second kappa shape index (κ2) is 4.04. The quantitative estimate of drug-likeness (QED) is 0.774. The van der Waals surface area contributed by atoms with Gasteiger partial charge in [-0.05, 0) is 23.8 Å². The van der Waals surface area contributed by atoms with Crippen molar-refractivity contribution in [2.45, 2.75) is 21.9 Å². The average Bonchev–Trinajstić information content (AvgIpc) is 3.02. The van der Waals surface area contributed by atoms with Crippen molar-refractivity contribution in [3.63, 3.8) is 0 Å². The molecule has 0 aliphatic carbocycles. The molecule has 1 aromatic carbocycles. The van der Waals surface area contributed by atoms with Crippen LogP contribution in [0, 0.1) is 0 Å². The molecule has 3 aliphatic heterocycles. The third kappa shape index (κ3) is 1.51. The molecule has 3 heterocycles. The number of sulfone groups is 1. The van der Waals surface area contributed by atoms with Gasteiger partial charge in [-0.25, -0.2) is 8.42 Å². The van der Waals surface area contributed by atoms with E-state index in [1.165, 1.54) is 0 Å². The molecule has 5 heteroatoms. The lowest BCUT2D eigenvalue weighted by atomic mass is 9.87. The fourth-order valence-corrected chi connectivity index (χ4v) is 5.19. The van der Waals surface area contributed by atoms with E-state index < -0.39 is 26.8 Å². The van der Waals surface area contributed by atoms with Gasteiger partial charge in [0.25, 0.3) is 0 Å². The van der Waals surface area contributed by atoms with E-state index in [0.29, 0.717) is 18.1 Å². The van der Waals surface area contributed by atoms with E-state index in [1.54, 1.807) is 24.3 Å². The highest BCUT2D eigenvalue weighted by molar-refractivity contribution is 7.92. The molecule has 0 N–H and O–H groups in total. The summed E-state index contributed by atoms with van der Waals surface area (Å²) in [6, 6.07) is 8.57. The topological polar surface area (TPSA) is 52.6 Å².